The van der Waals surface area contributed by atoms with Crippen molar-refractivity contribution in [3.05, 3.63) is 36.3 Å². The van der Waals surface area contributed by atoms with Gasteiger partial charge in [0.25, 0.3) is 5.91 Å². The standard InChI is InChI=1S/C12H16N4O.2ClH/c1-12(2,13)8-15-11(17)9-3-4-10-14-5-6-16(10)7-9;;/h3-7H,8,13H2,1-2H3,(H,15,17);2*1H. The Kier molecular flexibility index (Phi) is 6.29. The average Bonchev–Trinajstić information content (AvgIpc) is 2.71. The summed E-state index contributed by atoms with van der Waals surface area (Å²) in [6.07, 6.45) is 5.25. The predicted octanol–water partition coefficient (Wildman–Crippen LogP) is 1.64. The molecule has 19 heavy (non-hydrogen) atoms. The fraction of sp³-hybridized carbons (Fsp3) is 0.333. The van der Waals surface area contributed by atoms with E-state index >= 15 is 0 Å². The zero-order valence-corrected chi connectivity index (χ0v) is 12.4. The van der Waals surface area contributed by atoms with Gasteiger partial charge in [-0.1, -0.05) is 0 Å². The van der Waals surface area contributed by atoms with Crippen LogP contribution >= 0.6 is 24.8 Å². The summed E-state index contributed by atoms with van der Waals surface area (Å²) in [4.78, 5) is 16.0. The quantitative estimate of drug-likeness (QED) is 0.905. The molecule has 0 aliphatic rings. The van der Waals surface area contributed by atoms with Gasteiger partial charge in [0.1, 0.15) is 5.65 Å². The normalized spacial score (nSPS) is 10.5. The van der Waals surface area contributed by atoms with Gasteiger partial charge in [-0.25, -0.2) is 4.98 Å². The minimum atomic E-state index is -0.408. The second kappa shape index (κ2) is 6.75. The van der Waals surface area contributed by atoms with Gasteiger partial charge in [-0.15, -0.1) is 24.8 Å². The van der Waals surface area contributed by atoms with Gasteiger partial charge < -0.3 is 15.5 Å². The molecule has 0 unspecified atom stereocenters. The number of hydrogen-bond donors (Lipinski definition) is 2. The van der Waals surface area contributed by atoms with E-state index in [1.807, 2.05) is 24.3 Å². The summed E-state index contributed by atoms with van der Waals surface area (Å²) in [7, 11) is 0. The minimum absolute atomic E-state index is 0. The van der Waals surface area contributed by atoms with E-state index in [4.69, 9.17) is 5.73 Å². The molecule has 0 aliphatic carbocycles. The molecule has 106 valence electrons. The maximum absolute atomic E-state index is 11.9. The first-order valence-corrected chi connectivity index (χ1v) is 5.45. The summed E-state index contributed by atoms with van der Waals surface area (Å²) in [6, 6.07) is 3.56. The van der Waals surface area contributed by atoms with Crippen molar-refractivity contribution in [2.45, 2.75) is 19.4 Å². The number of nitrogens with one attached hydrogen (secondary N) is 1. The molecule has 0 saturated carbocycles. The van der Waals surface area contributed by atoms with E-state index in [2.05, 4.69) is 10.3 Å². The molecule has 0 aliphatic heterocycles. The number of pyridine rings is 1. The largest absolute Gasteiger partial charge is 0.350 e. The van der Waals surface area contributed by atoms with E-state index in [0.29, 0.717) is 12.1 Å². The first-order chi connectivity index (χ1) is 7.96. The van der Waals surface area contributed by atoms with E-state index in [1.54, 1.807) is 24.7 Å². The zero-order chi connectivity index (χ0) is 12.5. The summed E-state index contributed by atoms with van der Waals surface area (Å²) >= 11 is 0. The van der Waals surface area contributed by atoms with Crippen LogP contribution in [0.15, 0.2) is 30.7 Å². The Morgan fingerprint density at radius 1 is 1.42 bits per heavy atom. The molecule has 3 N–H and O–H groups in total. The molecule has 0 aromatic carbocycles. The van der Waals surface area contributed by atoms with Crippen molar-refractivity contribution in [1.82, 2.24) is 14.7 Å². The Morgan fingerprint density at radius 2 is 2.11 bits per heavy atom. The maximum Gasteiger partial charge on any atom is 0.252 e. The first-order valence-electron chi connectivity index (χ1n) is 5.45. The van der Waals surface area contributed by atoms with Crippen LogP contribution < -0.4 is 11.1 Å². The number of nitrogens with two attached hydrogens (primary N) is 1. The monoisotopic (exact) mass is 304 g/mol. The number of amides is 1. The molecule has 0 saturated heterocycles. The number of halogens is 2. The summed E-state index contributed by atoms with van der Waals surface area (Å²) in [6.45, 7) is 4.17. The van der Waals surface area contributed by atoms with Crippen molar-refractivity contribution in [1.29, 1.82) is 0 Å². The first kappa shape index (κ1) is 17.7. The Morgan fingerprint density at radius 3 is 2.74 bits per heavy atom. The van der Waals surface area contributed by atoms with Crippen molar-refractivity contribution in [2.75, 3.05) is 6.54 Å². The third-order valence-electron chi connectivity index (χ3n) is 2.36. The van der Waals surface area contributed by atoms with Gasteiger partial charge in [0, 0.05) is 30.7 Å². The topological polar surface area (TPSA) is 72.4 Å². The molecule has 2 rings (SSSR count). The number of hydrogen-bond acceptors (Lipinski definition) is 3. The molecule has 7 heteroatoms. The Balaban J connectivity index is 0.00000162. The van der Waals surface area contributed by atoms with Crippen molar-refractivity contribution in [2.24, 2.45) is 5.73 Å². The van der Waals surface area contributed by atoms with E-state index in [0.717, 1.165) is 5.65 Å². The van der Waals surface area contributed by atoms with Crippen LogP contribution in [-0.4, -0.2) is 27.4 Å². The molecule has 1 amide bonds. The fourth-order valence-electron chi connectivity index (χ4n) is 1.46. The highest BCUT2D eigenvalue weighted by Crippen LogP contribution is 2.05. The summed E-state index contributed by atoms with van der Waals surface area (Å²) in [5, 5.41) is 2.80. The lowest BCUT2D eigenvalue weighted by Crippen LogP contribution is -2.45. The number of carbonyl (C=O) groups excluding carboxylic acids is 1. The molecular formula is C12H18Cl2N4O. The van der Waals surface area contributed by atoms with Crippen LogP contribution in [0.1, 0.15) is 24.2 Å². The van der Waals surface area contributed by atoms with Gasteiger partial charge in [-0.05, 0) is 26.0 Å². The molecule has 0 atom stereocenters. The summed E-state index contributed by atoms with van der Waals surface area (Å²) in [5.41, 5.74) is 6.82. The Labute approximate surface area is 124 Å². The smallest absolute Gasteiger partial charge is 0.252 e. The highest BCUT2D eigenvalue weighted by atomic mass is 35.5. The summed E-state index contributed by atoms with van der Waals surface area (Å²) < 4.78 is 1.81. The van der Waals surface area contributed by atoms with Crippen LogP contribution in [0.5, 0.6) is 0 Å². The predicted molar refractivity (Wildman–Crippen MR) is 80.3 cm³/mol. The number of rotatable bonds is 3. The number of imidazole rings is 1. The number of nitrogens with zero attached hydrogens (tertiary/aromatic N) is 2. The minimum Gasteiger partial charge on any atom is -0.350 e. The van der Waals surface area contributed by atoms with Gasteiger partial charge in [0.2, 0.25) is 0 Å². The van der Waals surface area contributed by atoms with E-state index in [-0.39, 0.29) is 30.7 Å². The van der Waals surface area contributed by atoms with Crippen LogP contribution in [0.3, 0.4) is 0 Å². The third-order valence-corrected chi connectivity index (χ3v) is 2.36. The molecule has 2 aromatic heterocycles. The molecule has 2 aromatic rings. The van der Waals surface area contributed by atoms with Gasteiger partial charge in [-0.3, -0.25) is 4.79 Å². The average molecular weight is 305 g/mol. The van der Waals surface area contributed by atoms with Crippen LogP contribution in [-0.2, 0) is 0 Å². The van der Waals surface area contributed by atoms with E-state index < -0.39 is 5.54 Å². The second-order valence-corrected chi connectivity index (χ2v) is 4.78. The fourth-order valence-corrected chi connectivity index (χ4v) is 1.46. The van der Waals surface area contributed by atoms with Crippen molar-refractivity contribution in [3.8, 4) is 0 Å². The lowest BCUT2D eigenvalue weighted by Gasteiger charge is -2.18. The summed E-state index contributed by atoms with van der Waals surface area (Å²) in [5.74, 6) is -0.126. The zero-order valence-electron chi connectivity index (χ0n) is 10.8. The number of carbonyl (C=O) groups is 1. The number of fused-ring (bicyclic) bond motifs is 1. The molecule has 0 radical (unpaired) electrons. The third kappa shape index (κ3) is 4.70. The Bertz CT molecular complexity index is 548. The van der Waals surface area contributed by atoms with Crippen LogP contribution in [0.25, 0.3) is 5.65 Å². The Hall–Kier alpha value is -1.30. The molecule has 5 nitrogen and oxygen atoms in total. The van der Waals surface area contributed by atoms with Crippen molar-refractivity contribution >= 4 is 36.4 Å². The molecule has 2 heterocycles. The van der Waals surface area contributed by atoms with Crippen LogP contribution in [0.4, 0.5) is 0 Å². The van der Waals surface area contributed by atoms with Crippen molar-refractivity contribution in [3.63, 3.8) is 0 Å². The lowest BCUT2D eigenvalue weighted by atomic mass is 10.1. The van der Waals surface area contributed by atoms with E-state index in [9.17, 15) is 4.79 Å². The molecular weight excluding hydrogens is 287 g/mol. The SMILES string of the molecule is CC(C)(N)CNC(=O)c1ccc2nccn2c1.Cl.Cl. The highest BCUT2D eigenvalue weighted by Gasteiger charge is 2.13. The molecule has 0 bridgehead atoms. The maximum atomic E-state index is 11.9. The lowest BCUT2D eigenvalue weighted by molar-refractivity contribution is 0.0945. The van der Waals surface area contributed by atoms with Gasteiger partial charge >= 0.3 is 0 Å². The van der Waals surface area contributed by atoms with Gasteiger partial charge in [0.05, 0.1) is 5.56 Å². The van der Waals surface area contributed by atoms with Crippen molar-refractivity contribution < 1.29 is 4.79 Å². The van der Waals surface area contributed by atoms with Gasteiger partial charge in [0.15, 0.2) is 0 Å². The highest BCUT2D eigenvalue weighted by molar-refractivity contribution is 5.94. The second-order valence-electron chi connectivity index (χ2n) is 4.78. The molecule has 0 spiro atoms. The van der Waals surface area contributed by atoms with E-state index in [1.165, 1.54) is 0 Å². The molecule has 0 fully saturated rings. The van der Waals surface area contributed by atoms with Gasteiger partial charge in [-0.2, -0.15) is 0 Å². The van der Waals surface area contributed by atoms with Crippen LogP contribution in [0, 0.1) is 0 Å². The van der Waals surface area contributed by atoms with Crippen LogP contribution in [0.2, 0.25) is 0 Å². The number of aromatic nitrogens is 2.